The van der Waals surface area contributed by atoms with Crippen LogP contribution in [0.15, 0.2) is 52.8 Å². The van der Waals surface area contributed by atoms with E-state index >= 15 is 0 Å². The van der Waals surface area contributed by atoms with Gasteiger partial charge in [0.05, 0.1) is 12.6 Å². The van der Waals surface area contributed by atoms with E-state index in [0.717, 1.165) is 6.26 Å². The quantitative estimate of drug-likeness (QED) is 0.759. The van der Waals surface area contributed by atoms with Crippen molar-refractivity contribution in [3.8, 4) is 11.5 Å². The highest BCUT2D eigenvalue weighted by molar-refractivity contribution is 7.90. The van der Waals surface area contributed by atoms with Crippen molar-refractivity contribution in [2.75, 3.05) is 6.26 Å². The van der Waals surface area contributed by atoms with Crippen LogP contribution in [-0.2, 0) is 20.3 Å². The van der Waals surface area contributed by atoms with Crippen LogP contribution >= 0.6 is 0 Å². The van der Waals surface area contributed by atoms with Gasteiger partial charge in [0.15, 0.2) is 20.5 Å². The number of hydrogen-bond acceptors (Lipinski definition) is 7. The summed E-state index contributed by atoms with van der Waals surface area (Å²) in [6.07, 6.45) is -2.26. The van der Waals surface area contributed by atoms with Gasteiger partial charge in [-0.25, -0.2) is 13.4 Å². The molecule has 0 saturated carbocycles. The maximum Gasteiger partial charge on any atom is 0.573 e. The van der Waals surface area contributed by atoms with Crippen molar-refractivity contribution in [3.63, 3.8) is 0 Å². The molecule has 11 heteroatoms. The summed E-state index contributed by atoms with van der Waals surface area (Å²) in [5.41, 5.74) is -0.360. The number of sulfone groups is 1. The van der Waals surface area contributed by atoms with Crippen molar-refractivity contribution in [1.29, 1.82) is 0 Å². The third-order valence-electron chi connectivity index (χ3n) is 3.86. The van der Waals surface area contributed by atoms with Crippen molar-refractivity contribution in [2.45, 2.75) is 30.3 Å². The van der Waals surface area contributed by atoms with Gasteiger partial charge in [-0.1, -0.05) is 17.3 Å². The normalized spacial score (nSPS) is 19.7. The Bertz CT molecular complexity index is 989. The predicted molar refractivity (Wildman–Crippen MR) is 91.6 cm³/mol. The molecule has 1 aromatic carbocycles. The van der Waals surface area contributed by atoms with Crippen molar-refractivity contribution >= 4 is 15.7 Å². The van der Waals surface area contributed by atoms with E-state index in [-0.39, 0.29) is 28.8 Å². The maximum absolute atomic E-state index is 12.2. The van der Waals surface area contributed by atoms with E-state index < -0.39 is 21.8 Å². The monoisotopic (exact) mass is 416 g/mol. The van der Waals surface area contributed by atoms with Gasteiger partial charge in [0.25, 0.3) is 0 Å². The third kappa shape index (κ3) is 4.71. The molecule has 2 aromatic rings. The number of benzene rings is 1. The minimum atomic E-state index is -4.76. The van der Waals surface area contributed by atoms with Crippen LogP contribution in [0.4, 0.5) is 13.2 Å². The number of ether oxygens (including phenoxy) is 2. The molecular weight excluding hydrogens is 401 g/mol. The first-order valence-electron chi connectivity index (χ1n) is 7.90. The minimum Gasteiger partial charge on any atom is -0.438 e. The molecular formula is C17H15F3N2O5S. The summed E-state index contributed by atoms with van der Waals surface area (Å²) >= 11 is 0. The molecule has 7 nitrogen and oxygen atoms in total. The minimum absolute atomic E-state index is 0.0875. The predicted octanol–water partition coefficient (Wildman–Crippen LogP) is 3.41. The molecule has 150 valence electrons. The number of halogens is 3. The summed E-state index contributed by atoms with van der Waals surface area (Å²) in [6, 6.07) is 8.00. The smallest absolute Gasteiger partial charge is 0.438 e. The standard InChI is InChI=1S/C17H15F3N2O5S/c1-16(11-3-5-12(6-4-11)26-17(18,19)20)9-14(22-27-16)25-13-7-8-15(21-10-13)28(2,23)24/h3-8,10H,9H2,1-2H3/t16-/m1/s1. The lowest BCUT2D eigenvalue weighted by Crippen LogP contribution is -2.23. The molecule has 0 spiro atoms. The molecule has 3 rings (SSSR count). The second-order valence-corrected chi connectivity index (χ2v) is 8.23. The summed E-state index contributed by atoms with van der Waals surface area (Å²) < 4.78 is 69.0. The number of alkyl halides is 3. The van der Waals surface area contributed by atoms with Crippen LogP contribution in [0.2, 0.25) is 0 Å². The van der Waals surface area contributed by atoms with Gasteiger partial charge >= 0.3 is 6.36 Å². The molecule has 0 N–H and O–H groups in total. The molecule has 1 aromatic heterocycles. The molecule has 28 heavy (non-hydrogen) atoms. The number of rotatable bonds is 4. The van der Waals surface area contributed by atoms with Crippen LogP contribution in [0, 0.1) is 0 Å². The highest BCUT2D eigenvalue weighted by Gasteiger charge is 2.38. The highest BCUT2D eigenvalue weighted by atomic mass is 32.2. The van der Waals surface area contributed by atoms with Crippen LogP contribution in [0.25, 0.3) is 0 Å². The number of nitrogens with zero attached hydrogens (tertiary/aromatic N) is 2. The van der Waals surface area contributed by atoms with Crippen molar-refractivity contribution in [2.24, 2.45) is 5.16 Å². The number of pyridine rings is 1. The van der Waals surface area contributed by atoms with Gasteiger partial charge in [0.2, 0.25) is 5.90 Å². The maximum atomic E-state index is 12.2. The van der Waals surface area contributed by atoms with Crippen LogP contribution in [0.5, 0.6) is 11.5 Å². The fraction of sp³-hybridized carbons (Fsp3) is 0.294. The Kier molecular flexibility index (Phi) is 4.96. The number of hydrogen-bond donors (Lipinski definition) is 0. The molecule has 2 heterocycles. The van der Waals surface area contributed by atoms with E-state index in [1.54, 1.807) is 6.92 Å². The molecule has 0 saturated heterocycles. The average Bonchev–Trinajstić information content (AvgIpc) is 2.96. The SMILES string of the molecule is C[C@]1(c2ccc(OC(F)(F)F)cc2)CC(Oc2ccc(S(C)(=O)=O)nc2)=NO1. The second kappa shape index (κ2) is 6.97. The lowest BCUT2D eigenvalue weighted by molar-refractivity contribution is -0.274. The Morgan fingerprint density at radius 1 is 1.11 bits per heavy atom. The molecule has 1 aliphatic rings. The number of oxime groups is 1. The molecule has 1 aliphatic heterocycles. The second-order valence-electron chi connectivity index (χ2n) is 6.26. The summed E-state index contributed by atoms with van der Waals surface area (Å²) in [7, 11) is -3.42. The zero-order valence-electron chi connectivity index (χ0n) is 14.7. The van der Waals surface area contributed by atoms with E-state index in [1.165, 1.54) is 42.6 Å². The van der Waals surface area contributed by atoms with Crippen LogP contribution < -0.4 is 9.47 Å². The third-order valence-corrected chi connectivity index (χ3v) is 4.86. The van der Waals surface area contributed by atoms with Gasteiger partial charge in [0, 0.05) is 6.26 Å². The van der Waals surface area contributed by atoms with E-state index in [0.29, 0.717) is 5.56 Å². The van der Waals surface area contributed by atoms with Crippen molar-refractivity contribution < 1.29 is 35.9 Å². The van der Waals surface area contributed by atoms with Gasteiger partial charge in [-0.2, -0.15) is 0 Å². The first-order chi connectivity index (χ1) is 12.9. The van der Waals surface area contributed by atoms with E-state index in [4.69, 9.17) is 9.57 Å². The Balaban J connectivity index is 1.66. The molecule has 0 aliphatic carbocycles. The van der Waals surface area contributed by atoms with Gasteiger partial charge in [-0.05, 0) is 36.8 Å². The average molecular weight is 416 g/mol. The van der Waals surface area contributed by atoms with E-state index in [9.17, 15) is 21.6 Å². The zero-order chi connectivity index (χ0) is 20.6. The van der Waals surface area contributed by atoms with Crippen molar-refractivity contribution in [3.05, 3.63) is 48.2 Å². The van der Waals surface area contributed by atoms with Gasteiger partial charge < -0.3 is 14.3 Å². The molecule has 0 bridgehead atoms. The molecule has 1 atom stereocenters. The van der Waals surface area contributed by atoms with Crippen LogP contribution in [0.1, 0.15) is 18.9 Å². The Morgan fingerprint density at radius 2 is 1.75 bits per heavy atom. The topological polar surface area (TPSA) is 87.1 Å². The molecule has 0 unspecified atom stereocenters. The van der Waals surface area contributed by atoms with E-state index in [1.807, 2.05) is 0 Å². The Morgan fingerprint density at radius 3 is 2.29 bits per heavy atom. The van der Waals surface area contributed by atoms with Crippen molar-refractivity contribution in [1.82, 2.24) is 4.98 Å². The van der Waals surface area contributed by atoms with Gasteiger partial charge in [0.1, 0.15) is 11.5 Å². The first kappa shape index (κ1) is 19.9. The van der Waals surface area contributed by atoms with Gasteiger partial charge in [-0.15, -0.1) is 13.2 Å². The lowest BCUT2D eigenvalue weighted by Gasteiger charge is -2.21. The summed E-state index contributed by atoms with van der Waals surface area (Å²) in [4.78, 5) is 9.22. The zero-order valence-corrected chi connectivity index (χ0v) is 15.5. The number of aromatic nitrogens is 1. The summed E-state index contributed by atoms with van der Waals surface area (Å²) in [5, 5.41) is 3.76. The fourth-order valence-electron chi connectivity index (χ4n) is 2.51. The summed E-state index contributed by atoms with van der Waals surface area (Å²) in [6.45, 7) is 1.71. The fourth-order valence-corrected chi connectivity index (χ4v) is 3.07. The summed E-state index contributed by atoms with van der Waals surface area (Å²) in [5.74, 6) is 0.146. The Hall–Kier alpha value is -2.82. The highest BCUT2D eigenvalue weighted by Crippen LogP contribution is 2.36. The van der Waals surface area contributed by atoms with Crippen LogP contribution in [0.3, 0.4) is 0 Å². The first-order valence-corrected chi connectivity index (χ1v) is 9.79. The molecule has 0 radical (unpaired) electrons. The van der Waals surface area contributed by atoms with Crippen LogP contribution in [-0.4, -0.2) is 31.9 Å². The Labute approximate surface area is 158 Å². The lowest BCUT2D eigenvalue weighted by atomic mass is 9.93. The molecule has 0 fully saturated rings. The van der Waals surface area contributed by atoms with Gasteiger partial charge in [-0.3, -0.25) is 0 Å². The molecule has 0 amide bonds. The largest absolute Gasteiger partial charge is 0.573 e. The van der Waals surface area contributed by atoms with E-state index in [2.05, 4.69) is 14.9 Å².